The van der Waals surface area contributed by atoms with Gasteiger partial charge in [0.25, 0.3) is 0 Å². The molecule has 0 saturated carbocycles. The van der Waals surface area contributed by atoms with Crippen molar-refractivity contribution in [3.8, 4) is 0 Å². The Morgan fingerprint density at radius 3 is 2.68 bits per heavy atom. The molecule has 5 nitrogen and oxygen atoms in total. The summed E-state index contributed by atoms with van der Waals surface area (Å²) >= 11 is 5.63. The van der Waals surface area contributed by atoms with Gasteiger partial charge in [0.05, 0.1) is 17.6 Å². The molecule has 1 heterocycles. The van der Waals surface area contributed by atoms with Crippen LogP contribution in [0.3, 0.4) is 0 Å². The molecule has 0 spiro atoms. The van der Waals surface area contributed by atoms with Crippen molar-refractivity contribution in [2.75, 3.05) is 10.5 Å². The molecular weight excluding hydrogens is 286 g/mol. The van der Waals surface area contributed by atoms with Crippen LogP contribution >= 0.6 is 11.6 Å². The summed E-state index contributed by atoms with van der Waals surface area (Å²) in [5.74, 6) is -0.152. The third-order valence-corrected chi connectivity index (χ3v) is 3.79. The van der Waals surface area contributed by atoms with Crippen LogP contribution in [0.4, 0.5) is 11.4 Å². The number of nitrogens with zero attached hydrogens (tertiary/aromatic N) is 1. The van der Waals surface area contributed by atoms with Gasteiger partial charge in [-0.15, -0.1) is 0 Å². The van der Waals surface area contributed by atoms with E-state index >= 15 is 0 Å². The molecule has 0 bridgehead atoms. The minimum atomic E-state index is -3.51. The predicted molar refractivity (Wildman–Crippen MR) is 76.3 cm³/mol. The molecule has 0 radical (unpaired) electrons. The summed E-state index contributed by atoms with van der Waals surface area (Å²) in [5, 5.41) is 0.304. The zero-order valence-corrected chi connectivity index (χ0v) is 11.4. The first-order chi connectivity index (χ1) is 8.94. The molecule has 1 aromatic carbocycles. The van der Waals surface area contributed by atoms with Gasteiger partial charge in [0.1, 0.15) is 5.15 Å². The molecule has 1 aromatic heterocycles. The summed E-state index contributed by atoms with van der Waals surface area (Å²) in [6.07, 6.45) is 1.36. The van der Waals surface area contributed by atoms with E-state index in [1.54, 1.807) is 30.3 Å². The molecule has 100 valence electrons. The fourth-order valence-electron chi connectivity index (χ4n) is 1.55. The summed E-state index contributed by atoms with van der Waals surface area (Å²) in [6, 6.07) is 9.80. The Balaban J connectivity index is 2.13. The number of hydrogen-bond donors (Lipinski definition) is 2. The number of pyridine rings is 1. The number of rotatable bonds is 4. The molecule has 0 aliphatic heterocycles. The summed E-state index contributed by atoms with van der Waals surface area (Å²) in [7, 11) is -3.51. The molecule has 0 aliphatic carbocycles. The molecule has 7 heteroatoms. The second-order valence-electron chi connectivity index (χ2n) is 3.98. The number of hydrogen-bond acceptors (Lipinski definition) is 4. The summed E-state index contributed by atoms with van der Waals surface area (Å²) in [6.45, 7) is 0. The molecule has 0 saturated heterocycles. The quantitative estimate of drug-likeness (QED) is 0.669. The van der Waals surface area contributed by atoms with Gasteiger partial charge in [-0.2, -0.15) is 0 Å². The van der Waals surface area contributed by atoms with Crippen LogP contribution in [-0.4, -0.2) is 13.4 Å². The number of nitrogen functional groups attached to an aromatic ring is 1. The monoisotopic (exact) mass is 297 g/mol. The van der Waals surface area contributed by atoms with Gasteiger partial charge in [0, 0.05) is 5.69 Å². The van der Waals surface area contributed by atoms with E-state index in [1.165, 1.54) is 12.3 Å². The van der Waals surface area contributed by atoms with E-state index < -0.39 is 10.0 Å². The molecule has 0 amide bonds. The Morgan fingerprint density at radius 1 is 1.26 bits per heavy atom. The van der Waals surface area contributed by atoms with Gasteiger partial charge in [-0.05, 0) is 29.8 Å². The average molecular weight is 298 g/mol. The van der Waals surface area contributed by atoms with E-state index in [1.807, 2.05) is 0 Å². The van der Waals surface area contributed by atoms with Crippen molar-refractivity contribution in [3.05, 3.63) is 53.3 Å². The Morgan fingerprint density at radius 2 is 2.05 bits per heavy atom. The van der Waals surface area contributed by atoms with Gasteiger partial charge in [-0.3, -0.25) is 4.72 Å². The Kier molecular flexibility index (Phi) is 3.92. The lowest BCUT2D eigenvalue weighted by molar-refractivity contribution is 0.600. The Hall–Kier alpha value is -1.79. The van der Waals surface area contributed by atoms with Gasteiger partial charge < -0.3 is 5.73 Å². The molecule has 2 rings (SSSR count). The molecule has 0 fully saturated rings. The zero-order chi connectivity index (χ0) is 13.9. The van der Waals surface area contributed by atoms with Crippen molar-refractivity contribution in [2.45, 2.75) is 5.75 Å². The Labute approximate surface area is 116 Å². The van der Waals surface area contributed by atoms with E-state index in [4.69, 9.17) is 17.3 Å². The Bertz CT molecular complexity index is 672. The number of sulfonamides is 1. The van der Waals surface area contributed by atoms with E-state index in [-0.39, 0.29) is 5.75 Å². The summed E-state index contributed by atoms with van der Waals surface area (Å²) in [4.78, 5) is 3.80. The number of nitrogens with one attached hydrogen (secondary N) is 1. The lowest BCUT2D eigenvalue weighted by Gasteiger charge is -2.08. The van der Waals surface area contributed by atoms with Crippen LogP contribution in [0.5, 0.6) is 0 Å². The van der Waals surface area contributed by atoms with E-state index in [0.717, 1.165) is 0 Å². The lowest BCUT2D eigenvalue weighted by Crippen LogP contribution is -2.15. The van der Waals surface area contributed by atoms with Crippen LogP contribution in [-0.2, 0) is 15.8 Å². The van der Waals surface area contributed by atoms with Crippen molar-refractivity contribution < 1.29 is 8.42 Å². The van der Waals surface area contributed by atoms with Crippen LogP contribution in [0.15, 0.2) is 42.6 Å². The fraction of sp³-hybridized carbons (Fsp3) is 0.0833. The van der Waals surface area contributed by atoms with Gasteiger partial charge in [0.2, 0.25) is 10.0 Å². The summed E-state index contributed by atoms with van der Waals surface area (Å²) in [5.41, 5.74) is 7.12. The van der Waals surface area contributed by atoms with Crippen molar-refractivity contribution in [3.63, 3.8) is 0 Å². The number of aromatic nitrogens is 1. The van der Waals surface area contributed by atoms with Crippen LogP contribution in [0.25, 0.3) is 0 Å². The number of anilines is 2. The summed E-state index contributed by atoms with van der Waals surface area (Å²) < 4.78 is 26.3. The highest BCUT2D eigenvalue weighted by Gasteiger charge is 2.12. The second kappa shape index (κ2) is 5.46. The largest absolute Gasteiger partial charge is 0.399 e. The van der Waals surface area contributed by atoms with Crippen LogP contribution in [0, 0.1) is 0 Å². The van der Waals surface area contributed by atoms with Crippen molar-refractivity contribution in [2.24, 2.45) is 0 Å². The van der Waals surface area contributed by atoms with Crippen molar-refractivity contribution in [1.82, 2.24) is 4.98 Å². The van der Waals surface area contributed by atoms with Gasteiger partial charge >= 0.3 is 0 Å². The third kappa shape index (κ3) is 4.11. The van der Waals surface area contributed by atoms with Crippen LogP contribution in [0.2, 0.25) is 5.15 Å². The lowest BCUT2D eigenvalue weighted by atomic mass is 10.2. The van der Waals surface area contributed by atoms with Crippen LogP contribution in [0.1, 0.15) is 5.56 Å². The zero-order valence-electron chi connectivity index (χ0n) is 9.88. The van der Waals surface area contributed by atoms with Crippen LogP contribution < -0.4 is 10.5 Å². The van der Waals surface area contributed by atoms with Crippen molar-refractivity contribution in [1.29, 1.82) is 0 Å². The molecule has 0 unspecified atom stereocenters. The molecule has 2 aromatic rings. The molecule has 3 N–H and O–H groups in total. The minimum absolute atomic E-state index is 0.152. The number of halogens is 1. The minimum Gasteiger partial charge on any atom is -0.399 e. The highest BCUT2D eigenvalue weighted by atomic mass is 35.5. The highest BCUT2D eigenvalue weighted by molar-refractivity contribution is 7.91. The van der Waals surface area contributed by atoms with Gasteiger partial charge in [0.15, 0.2) is 0 Å². The SMILES string of the molecule is Nc1cccc(CS(=O)(=O)Nc2ccc(Cl)nc2)c1. The maximum atomic E-state index is 12.0. The van der Waals surface area contributed by atoms with E-state index in [2.05, 4.69) is 9.71 Å². The molecule has 0 atom stereocenters. The first-order valence-corrected chi connectivity index (χ1v) is 7.44. The molecule has 0 aliphatic rings. The third-order valence-electron chi connectivity index (χ3n) is 2.31. The smallest absolute Gasteiger partial charge is 0.236 e. The maximum Gasteiger partial charge on any atom is 0.236 e. The molecular formula is C12H12ClN3O2S. The van der Waals surface area contributed by atoms with Gasteiger partial charge in [-0.25, -0.2) is 13.4 Å². The fourth-order valence-corrected chi connectivity index (χ4v) is 2.84. The molecule has 19 heavy (non-hydrogen) atoms. The number of benzene rings is 1. The predicted octanol–water partition coefficient (Wildman–Crippen LogP) is 2.26. The normalized spacial score (nSPS) is 11.2. The maximum absolute atomic E-state index is 12.0. The topological polar surface area (TPSA) is 85.1 Å². The second-order valence-corrected chi connectivity index (χ2v) is 6.09. The first kappa shape index (κ1) is 13.6. The number of nitrogens with two attached hydrogens (primary N) is 1. The van der Waals surface area contributed by atoms with E-state index in [9.17, 15) is 8.42 Å². The van der Waals surface area contributed by atoms with Crippen molar-refractivity contribution >= 4 is 33.0 Å². The first-order valence-electron chi connectivity index (χ1n) is 5.41. The standard InChI is InChI=1S/C12H12ClN3O2S/c13-12-5-4-11(7-15-12)16-19(17,18)8-9-2-1-3-10(14)6-9/h1-7,16H,8,14H2. The van der Waals surface area contributed by atoms with Gasteiger partial charge in [-0.1, -0.05) is 23.7 Å². The highest BCUT2D eigenvalue weighted by Crippen LogP contribution is 2.15. The average Bonchev–Trinajstić information content (AvgIpc) is 2.31. The van der Waals surface area contributed by atoms with E-state index in [0.29, 0.717) is 22.1 Å².